The number of anilines is 1. The maximum atomic E-state index is 13.4. The molecule has 6 N–H and O–H groups in total. The van der Waals surface area contributed by atoms with Gasteiger partial charge in [-0.3, -0.25) is 20.4 Å². The molecule has 0 fully saturated rings. The Morgan fingerprint density at radius 2 is 1.70 bits per heavy atom. The Morgan fingerprint density at radius 1 is 1.07 bits per heavy atom. The van der Waals surface area contributed by atoms with Crippen molar-refractivity contribution < 1.29 is 50.6 Å². The lowest BCUT2D eigenvalue weighted by Gasteiger charge is -2.22. The number of amides is 2. The number of benzene rings is 3. The molecule has 3 aromatic carbocycles. The van der Waals surface area contributed by atoms with Crippen molar-refractivity contribution in [3.05, 3.63) is 83.4 Å². The Hall–Kier alpha value is -5.32. The number of carboxylic acids is 1. The fraction of sp³-hybridized carbons (Fsp3) is 0.241. The third-order valence-electron chi connectivity index (χ3n) is 5.95. The Kier molecular flexibility index (Phi) is 11.2. The molecule has 17 heteroatoms. The highest BCUT2D eigenvalue weighted by Gasteiger charge is 2.38. The first-order valence-electron chi connectivity index (χ1n) is 13.3. The Labute approximate surface area is 261 Å². The third kappa shape index (κ3) is 9.59. The summed E-state index contributed by atoms with van der Waals surface area (Å²) in [5.41, 5.74) is 12.5. The number of carbonyl (C=O) groups excluding carboxylic acids is 2. The number of fused-ring (bicyclic) bond motifs is 5. The number of carbonyl (C=O) groups is 3. The van der Waals surface area contributed by atoms with Crippen molar-refractivity contribution >= 4 is 39.1 Å². The van der Waals surface area contributed by atoms with Crippen LogP contribution < -0.4 is 31.4 Å². The molecule has 1 atom stereocenters. The van der Waals surface area contributed by atoms with Crippen LogP contribution in [0.2, 0.25) is 0 Å². The van der Waals surface area contributed by atoms with Crippen molar-refractivity contribution in [2.75, 3.05) is 18.3 Å². The van der Waals surface area contributed by atoms with E-state index in [0.29, 0.717) is 28.3 Å². The Bertz CT molecular complexity index is 1730. The number of rotatable bonds is 5. The van der Waals surface area contributed by atoms with Crippen LogP contribution in [0.3, 0.4) is 0 Å². The van der Waals surface area contributed by atoms with Gasteiger partial charge in [0, 0.05) is 17.5 Å². The first-order valence-corrected chi connectivity index (χ1v) is 15.2. The molecule has 0 spiro atoms. The van der Waals surface area contributed by atoms with Gasteiger partial charge in [0.1, 0.15) is 11.9 Å². The molecule has 2 aliphatic rings. The first-order chi connectivity index (χ1) is 21.5. The average Bonchev–Trinajstić information content (AvgIpc) is 2.99. The molecule has 0 saturated carbocycles. The summed E-state index contributed by atoms with van der Waals surface area (Å²) in [6.45, 7) is 3.67. The van der Waals surface area contributed by atoms with Crippen LogP contribution in [-0.4, -0.2) is 62.4 Å². The fourth-order valence-corrected chi connectivity index (χ4v) is 4.76. The van der Waals surface area contributed by atoms with Gasteiger partial charge in [0.2, 0.25) is 0 Å². The van der Waals surface area contributed by atoms with Gasteiger partial charge in [0.05, 0.1) is 16.6 Å². The molecule has 46 heavy (non-hydrogen) atoms. The lowest BCUT2D eigenvalue weighted by atomic mass is 10.0. The van der Waals surface area contributed by atoms with E-state index in [2.05, 4.69) is 21.2 Å². The quantitative estimate of drug-likeness (QED) is 0.252. The van der Waals surface area contributed by atoms with Gasteiger partial charge in [-0.15, -0.1) is 0 Å². The normalized spacial score (nSPS) is 15.5. The minimum Gasteiger partial charge on any atom is -0.487 e. The van der Waals surface area contributed by atoms with E-state index in [1.807, 2.05) is 13.8 Å². The van der Waals surface area contributed by atoms with Crippen LogP contribution in [-0.2, 0) is 19.4 Å². The molecule has 0 aliphatic carbocycles. The summed E-state index contributed by atoms with van der Waals surface area (Å²) in [4.78, 5) is 39.2. The SMILES string of the molecule is CC(C)Oc1ccc2cc1OC/N=C(/N)c1ccc(cc1)NC2C(=O)NNC(=O)c1ccccc1S(C)(=O)=O.O=C(O)C(F)(F)F. The highest BCUT2D eigenvalue weighted by atomic mass is 32.2. The number of alkyl halides is 3. The first kappa shape index (κ1) is 35.2. The second kappa shape index (κ2) is 14.6. The minimum atomic E-state index is -5.08. The summed E-state index contributed by atoms with van der Waals surface area (Å²) in [5.74, 6) is -3.05. The van der Waals surface area contributed by atoms with Gasteiger partial charge in [-0.05, 0) is 67.9 Å². The zero-order valence-electron chi connectivity index (χ0n) is 24.6. The summed E-state index contributed by atoms with van der Waals surface area (Å²) in [6.07, 6.45) is -4.21. The summed E-state index contributed by atoms with van der Waals surface area (Å²) in [7, 11) is -3.67. The summed E-state index contributed by atoms with van der Waals surface area (Å²) >= 11 is 0. The smallest absolute Gasteiger partial charge is 0.487 e. The molecular formula is C29H30F3N5O8S. The van der Waals surface area contributed by atoms with Crippen molar-refractivity contribution in [3.63, 3.8) is 0 Å². The van der Waals surface area contributed by atoms with Crippen LogP contribution in [0.15, 0.2) is 76.6 Å². The minimum absolute atomic E-state index is 0.0778. The van der Waals surface area contributed by atoms with Crippen molar-refractivity contribution in [1.29, 1.82) is 0 Å². The van der Waals surface area contributed by atoms with Gasteiger partial charge in [0.25, 0.3) is 11.8 Å². The Balaban J connectivity index is 0.000000738. The molecule has 13 nitrogen and oxygen atoms in total. The number of halogens is 3. The van der Waals surface area contributed by atoms with Gasteiger partial charge in [-0.2, -0.15) is 13.2 Å². The Morgan fingerprint density at radius 3 is 2.28 bits per heavy atom. The molecule has 2 aliphatic heterocycles. The number of nitrogens with two attached hydrogens (primary N) is 1. The van der Waals surface area contributed by atoms with Crippen LogP contribution in [0.1, 0.15) is 41.4 Å². The summed E-state index contributed by atoms with van der Waals surface area (Å²) < 4.78 is 67.6. The number of nitrogens with zero attached hydrogens (tertiary/aromatic N) is 1. The predicted octanol–water partition coefficient (Wildman–Crippen LogP) is 3.18. The monoisotopic (exact) mass is 665 g/mol. The number of sulfone groups is 1. The maximum Gasteiger partial charge on any atom is 0.490 e. The zero-order chi connectivity index (χ0) is 34.2. The number of amidine groups is 1. The predicted molar refractivity (Wildman–Crippen MR) is 160 cm³/mol. The van der Waals surface area contributed by atoms with Crippen LogP contribution in [0.4, 0.5) is 18.9 Å². The molecule has 4 bridgehead atoms. The molecule has 0 aromatic heterocycles. The highest BCUT2D eigenvalue weighted by Crippen LogP contribution is 2.33. The number of hydrogen-bond donors (Lipinski definition) is 5. The molecule has 2 amide bonds. The van der Waals surface area contributed by atoms with E-state index >= 15 is 0 Å². The molecule has 3 aromatic rings. The average molecular weight is 666 g/mol. The second-order valence-electron chi connectivity index (χ2n) is 9.86. The van der Waals surface area contributed by atoms with E-state index < -0.39 is 39.8 Å². The maximum absolute atomic E-state index is 13.4. The summed E-state index contributed by atoms with van der Waals surface area (Å²) in [5, 5.41) is 10.3. The highest BCUT2D eigenvalue weighted by molar-refractivity contribution is 7.90. The number of hydrazine groups is 1. The van der Waals surface area contributed by atoms with Crippen LogP contribution in [0.5, 0.6) is 11.5 Å². The molecule has 0 radical (unpaired) electrons. The van der Waals surface area contributed by atoms with Crippen molar-refractivity contribution in [1.82, 2.24) is 10.9 Å². The van der Waals surface area contributed by atoms with Crippen LogP contribution in [0, 0.1) is 0 Å². The van der Waals surface area contributed by atoms with Crippen LogP contribution in [0.25, 0.3) is 0 Å². The van der Waals surface area contributed by atoms with E-state index in [1.54, 1.807) is 42.5 Å². The molecule has 246 valence electrons. The van der Waals surface area contributed by atoms with Crippen molar-refractivity contribution in [2.24, 2.45) is 10.7 Å². The van der Waals surface area contributed by atoms with Gasteiger partial charge in [-0.25, -0.2) is 18.2 Å². The van der Waals surface area contributed by atoms with E-state index in [0.717, 1.165) is 6.26 Å². The standard InChI is InChI=1S/C27H29N5O6S.C2HF3O2/c1-16(2)38-21-13-10-18-14-22(21)37-15-29-25(28)17-8-11-19(12-9-17)30-24(18)27(34)32-31-26(33)20-6-4-5-7-23(20)39(3,35)36;3-2(4,5)1(6)7/h4-14,16,24,30H,15H2,1-3H3,(H2,28,29)(H,31,33)(H,32,34);(H,6,7). The number of carboxylic acid groups (broad SMARTS) is 1. The number of nitrogens with one attached hydrogen (secondary N) is 3. The third-order valence-corrected chi connectivity index (χ3v) is 7.10. The van der Waals surface area contributed by atoms with Gasteiger partial charge in [0.15, 0.2) is 28.1 Å². The number of aliphatic imine (C=N–C) groups is 1. The molecule has 2 heterocycles. The molecule has 0 saturated heterocycles. The van der Waals surface area contributed by atoms with Crippen LogP contribution >= 0.6 is 0 Å². The second-order valence-corrected chi connectivity index (χ2v) is 11.8. The van der Waals surface area contributed by atoms with E-state index in [1.165, 1.54) is 24.3 Å². The van der Waals surface area contributed by atoms with E-state index in [9.17, 15) is 31.2 Å². The van der Waals surface area contributed by atoms with Gasteiger partial charge >= 0.3 is 12.1 Å². The topological polar surface area (TPSA) is 199 Å². The van der Waals surface area contributed by atoms with Crippen molar-refractivity contribution in [2.45, 2.75) is 37.1 Å². The molecule has 1 unspecified atom stereocenters. The van der Waals surface area contributed by atoms with Crippen molar-refractivity contribution in [3.8, 4) is 11.5 Å². The molecular weight excluding hydrogens is 635 g/mol. The number of aliphatic carboxylic acids is 1. The number of ether oxygens (including phenoxy) is 2. The van der Waals surface area contributed by atoms with Gasteiger partial charge < -0.3 is 25.6 Å². The van der Waals surface area contributed by atoms with E-state index in [-0.39, 0.29) is 29.1 Å². The lowest BCUT2D eigenvalue weighted by molar-refractivity contribution is -0.192. The van der Waals surface area contributed by atoms with Gasteiger partial charge in [-0.1, -0.05) is 18.2 Å². The largest absolute Gasteiger partial charge is 0.490 e. The lowest BCUT2D eigenvalue weighted by Crippen LogP contribution is -2.45. The summed E-state index contributed by atoms with van der Waals surface area (Å²) in [6, 6.07) is 16.8. The zero-order valence-corrected chi connectivity index (χ0v) is 25.4. The fourth-order valence-electron chi connectivity index (χ4n) is 3.87. The van der Waals surface area contributed by atoms with E-state index in [4.69, 9.17) is 25.1 Å². The molecule has 5 rings (SSSR count). The number of hydrogen-bond acceptors (Lipinski definition) is 10.